The fraction of sp³-hybridized carbons (Fsp3) is 0.242. The van der Waals surface area contributed by atoms with Crippen LogP contribution in [0.3, 0.4) is 0 Å². The van der Waals surface area contributed by atoms with Gasteiger partial charge in [0.1, 0.15) is 17.3 Å². The number of carbonyl (C=O) groups is 1. The second-order valence-electron chi connectivity index (χ2n) is 10.8. The molecule has 2 N–H and O–H groups in total. The molecule has 44 heavy (non-hydrogen) atoms. The van der Waals surface area contributed by atoms with Crippen LogP contribution in [0.2, 0.25) is 0 Å². The molecule has 4 aromatic carbocycles. The second kappa shape index (κ2) is 14.6. The Kier molecular flexibility index (Phi) is 10.9. The lowest BCUT2D eigenvalue weighted by atomic mass is 10.0. The smallest absolute Gasteiger partial charge is 0.326 e. The van der Waals surface area contributed by atoms with Crippen molar-refractivity contribution in [2.75, 3.05) is 34.3 Å². The number of rotatable bonds is 9. The fourth-order valence-electron chi connectivity index (χ4n) is 5.19. The van der Waals surface area contributed by atoms with Gasteiger partial charge >= 0.3 is 6.03 Å². The van der Waals surface area contributed by atoms with Crippen molar-refractivity contribution in [3.8, 4) is 11.5 Å². The molecule has 5 rings (SSSR count). The van der Waals surface area contributed by atoms with Crippen molar-refractivity contribution in [3.63, 3.8) is 0 Å². The highest BCUT2D eigenvalue weighted by molar-refractivity contribution is 7.92. The summed E-state index contributed by atoms with van der Waals surface area (Å²) in [6.45, 7) is 4.46. The third-order valence-corrected chi connectivity index (χ3v) is 7.85. The monoisotopic (exact) mass is 638 g/mol. The van der Waals surface area contributed by atoms with Crippen LogP contribution in [-0.4, -0.2) is 44.7 Å². The van der Waals surface area contributed by atoms with Crippen molar-refractivity contribution >= 4 is 45.5 Å². The predicted molar refractivity (Wildman–Crippen MR) is 176 cm³/mol. The summed E-state index contributed by atoms with van der Waals surface area (Å²) in [5.74, 6) is 0.946. The van der Waals surface area contributed by atoms with Crippen LogP contribution in [0.15, 0.2) is 97.1 Å². The summed E-state index contributed by atoms with van der Waals surface area (Å²) in [6, 6.07) is 28.2. The molecule has 2 amide bonds. The van der Waals surface area contributed by atoms with Crippen LogP contribution in [0.5, 0.6) is 11.5 Å². The number of carbonyl (C=O) groups excluding carboxylic acids is 1. The van der Waals surface area contributed by atoms with E-state index in [1.807, 2.05) is 60.4 Å². The molecule has 1 aliphatic heterocycles. The first-order valence-electron chi connectivity index (χ1n) is 14.1. The molecule has 8 nitrogen and oxygen atoms in total. The molecule has 0 bridgehead atoms. The van der Waals surface area contributed by atoms with Crippen LogP contribution in [0, 0.1) is 12.7 Å². The molecule has 1 fully saturated rings. The van der Waals surface area contributed by atoms with Gasteiger partial charge in [0.05, 0.1) is 6.26 Å². The SMILES string of the molecule is Cc1cccc(N(C(=O)Nc2ccc(F)cc2)C2CCN(Cc3ccc(Oc4ccc(NS(C)(=O)=O)cc4)cc3)CC2)c1.Cl. The second-order valence-corrected chi connectivity index (χ2v) is 12.5. The van der Waals surface area contributed by atoms with Gasteiger partial charge in [-0.3, -0.25) is 14.5 Å². The number of anilines is 3. The van der Waals surface area contributed by atoms with Crippen molar-refractivity contribution in [2.24, 2.45) is 0 Å². The number of aryl methyl sites for hydroxylation is 1. The molecule has 1 saturated heterocycles. The zero-order valence-corrected chi connectivity index (χ0v) is 26.2. The van der Waals surface area contributed by atoms with Crippen molar-refractivity contribution in [1.82, 2.24) is 4.90 Å². The average Bonchev–Trinajstić information content (AvgIpc) is 2.97. The first kappa shape index (κ1) is 32.8. The summed E-state index contributed by atoms with van der Waals surface area (Å²) in [7, 11) is -3.33. The van der Waals surface area contributed by atoms with Gasteiger partial charge in [0, 0.05) is 42.7 Å². The molecule has 0 aliphatic carbocycles. The zero-order valence-electron chi connectivity index (χ0n) is 24.6. The molecular formula is C33H36ClFN4O4S. The summed E-state index contributed by atoms with van der Waals surface area (Å²) in [6.07, 6.45) is 2.74. The van der Waals surface area contributed by atoms with Gasteiger partial charge in [-0.2, -0.15) is 0 Å². The summed E-state index contributed by atoms with van der Waals surface area (Å²) in [5, 5.41) is 2.94. The number of amides is 2. The number of ether oxygens (including phenoxy) is 1. The molecule has 0 aromatic heterocycles. The summed E-state index contributed by atoms with van der Waals surface area (Å²) >= 11 is 0. The van der Waals surface area contributed by atoms with E-state index in [0.29, 0.717) is 22.9 Å². The minimum Gasteiger partial charge on any atom is -0.457 e. The number of nitrogens with zero attached hydrogens (tertiary/aromatic N) is 2. The maximum atomic E-state index is 13.5. The minimum absolute atomic E-state index is 0. The van der Waals surface area contributed by atoms with Crippen molar-refractivity contribution in [1.29, 1.82) is 0 Å². The van der Waals surface area contributed by atoms with E-state index in [0.717, 1.165) is 55.5 Å². The first-order chi connectivity index (χ1) is 20.6. The van der Waals surface area contributed by atoms with E-state index in [-0.39, 0.29) is 30.3 Å². The van der Waals surface area contributed by atoms with E-state index < -0.39 is 10.0 Å². The third-order valence-electron chi connectivity index (χ3n) is 7.24. The Morgan fingerprint density at radius 2 is 1.50 bits per heavy atom. The Morgan fingerprint density at radius 3 is 2.09 bits per heavy atom. The highest BCUT2D eigenvalue weighted by Gasteiger charge is 2.29. The van der Waals surface area contributed by atoms with Gasteiger partial charge in [-0.05, 0) is 104 Å². The number of urea groups is 1. The summed E-state index contributed by atoms with van der Waals surface area (Å²) in [5.41, 5.74) is 4.10. The number of hydrogen-bond donors (Lipinski definition) is 2. The van der Waals surface area contributed by atoms with Crippen LogP contribution >= 0.6 is 12.4 Å². The molecule has 0 saturated carbocycles. The molecule has 1 aliphatic rings. The number of sulfonamides is 1. The topological polar surface area (TPSA) is 91.0 Å². The minimum atomic E-state index is -3.33. The largest absolute Gasteiger partial charge is 0.457 e. The molecular weight excluding hydrogens is 603 g/mol. The van der Waals surface area contributed by atoms with Gasteiger partial charge < -0.3 is 10.1 Å². The normalized spacial score (nSPS) is 13.9. The van der Waals surface area contributed by atoms with E-state index >= 15 is 0 Å². The molecule has 232 valence electrons. The number of likely N-dealkylation sites (tertiary alicyclic amines) is 1. The highest BCUT2D eigenvalue weighted by Crippen LogP contribution is 2.28. The standard InChI is InChI=1S/C33H35FN4O4S.ClH/c1-24-4-3-5-30(22-24)38(33(39)35-27-10-8-26(34)9-11-27)29-18-20-37(21-19-29)23-25-6-14-31(15-7-25)42-32-16-12-28(13-17-32)36-43(2,40)41;/h3-17,22,29,36H,18-21,23H2,1-2H3,(H,35,39);1H. The van der Waals surface area contributed by atoms with E-state index in [2.05, 4.69) is 14.9 Å². The van der Waals surface area contributed by atoms with E-state index in [4.69, 9.17) is 4.74 Å². The zero-order chi connectivity index (χ0) is 30.4. The molecule has 0 atom stereocenters. The molecule has 1 heterocycles. The maximum absolute atomic E-state index is 13.5. The lowest BCUT2D eigenvalue weighted by Crippen LogP contribution is -2.49. The molecule has 0 unspecified atom stereocenters. The van der Waals surface area contributed by atoms with E-state index in [9.17, 15) is 17.6 Å². The van der Waals surface area contributed by atoms with Crippen LogP contribution in [-0.2, 0) is 16.6 Å². The number of hydrogen-bond acceptors (Lipinski definition) is 5. The maximum Gasteiger partial charge on any atom is 0.326 e. The average molecular weight is 639 g/mol. The van der Waals surface area contributed by atoms with Crippen LogP contribution < -0.4 is 19.7 Å². The Hall–Kier alpha value is -4.12. The van der Waals surface area contributed by atoms with E-state index in [1.54, 1.807) is 36.4 Å². The van der Waals surface area contributed by atoms with Crippen LogP contribution in [0.1, 0.15) is 24.0 Å². The lowest BCUT2D eigenvalue weighted by Gasteiger charge is -2.38. The Labute approximate surface area is 264 Å². The van der Waals surface area contributed by atoms with Gasteiger partial charge in [-0.15, -0.1) is 12.4 Å². The lowest BCUT2D eigenvalue weighted by molar-refractivity contribution is 0.199. The highest BCUT2D eigenvalue weighted by atomic mass is 35.5. The fourth-order valence-corrected chi connectivity index (χ4v) is 5.75. The number of nitrogens with one attached hydrogen (secondary N) is 2. The Bertz CT molecular complexity index is 1640. The predicted octanol–water partition coefficient (Wildman–Crippen LogP) is 7.42. The third kappa shape index (κ3) is 9.19. The van der Waals surface area contributed by atoms with Gasteiger partial charge in [0.15, 0.2) is 0 Å². The van der Waals surface area contributed by atoms with Crippen molar-refractivity contribution in [3.05, 3.63) is 114 Å². The molecule has 0 spiro atoms. The van der Waals surface area contributed by atoms with Crippen molar-refractivity contribution in [2.45, 2.75) is 32.4 Å². The molecule has 4 aromatic rings. The number of halogens is 2. The number of benzene rings is 4. The van der Waals surface area contributed by atoms with Crippen molar-refractivity contribution < 1.29 is 22.3 Å². The quantitative estimate of drug-likeness (QED) is 0.199. The van der Waals surface area contributed by atoms with Gasteiger partial charge in [0.25, 0.3) is 0 Å². The molecule has 0 radical (unpaired) electrons. The summed E-state index contributed by atoms with van der Waals surface area (Å²) < 4.78 is 44.5. The van der Waals surface area contributed by atoms with Gasteiger partial charge in [0.2, 0.25) is 10.0 Å². The Morgan fingerprint density at radius 1 is 0.909 bits per heavy atom. The van der Waals surface area contributed by atoms with Crippen LogP contribution in [0.25, 0.3) is 0 Å². The van der Waals surface area contributed by atoms with E-state index in [1.165, 1.54) is 12.1 Å². The van der Waals surface area contributed by atoms with Gasteiger partial charge in [-0.25, -0.2) is 17.6 Å². The van der Waals surface area contributed by atoms with Crippen LogP contribution in [0.4, 0.5) is 26.2 Å². The van der Waals surface area contributed by atoms with Gasteiger partial charge in [-0.1, -0.05) is 24.3 Å². The Balaban J connectivity index is 0.00000442. The first-order valence-corrected chi connectivity index (χ1v) is 16.0. The molecule has 11 heteroatoms. The number of piperidine rings is 1. The summed E-state index contributed by atoms with van der Waals surface area (Å²) in [4.78, 5) is 17.7.